The van der Waals surface area contributed by atoms with Crippen LogP contribution in [0.25, 0.3) is 10.9 Å². The Morgan fingerprint density at radius 1 is 1.23 bits per heavy atom. The molecule has 1 aliphatic rings. The van der Waals surface area contributed by atoms with E-state index in [2.05, 4.69) is 15.2 Å². The van der Waals surface area contributed by atoms with Crippen LogP contribution in [0.3, 0.4) is 0 Å². The molecule has 0 spiro atoms. The van der Waals surface area contributed by atoms with Crippen molar-refractivity contribution in [3.63, 3.8) is 0 Å². The summed E-state index contributed by atoms with van der Waals surface area (Å²) in [5.74, 6) is -0.286. The fourth-order valence-electron chi connectivity index (χ4n) is 2.97. The van der Waals surface area contributed by atoms with Crippen molar-refractivity contribution in [3.05, 3.63) is 35.9 Å². The summed E-state index contributed by atoms with van der Waals surface area (Å²) < 4.78 is 0. The van der Waals surface area contributed by atoms with Gasteiger partial charge in [0.2, 0.25) is 0 Å². The van der Waals surface area contributed by atoms with Gasteiger partial charge in [0.15, 0.2) is 0 Å². The largest absolute Gasteiger partial charge is 0.478 e. The molecule has 0 amide bonds. The standard InChI is InChI=1S/C17H21N3O2/c21-17(22)14-12-16(19-15-7-3-2-6-13(14)15)18-8-11-20-9-4-1-5-10-20/h2-3,6-7,12H,1,4-5,8-11H2,(H,18,19)(H,21,22). The van der Waals surface area contributed by atoms with Crippen molar-refractivity contribution < 1.29 is 9.90 Å². The van der Waals surface area contributed by atoms with Gasteiger partial charge in [0, 0.05) is 18.5 Å². The molecule has 0 saturated carbocycles. The number of nitrogens with one attached hydrogen (secondary N) is 1. The first-order chi connectivity index (χ1) is 10.7. The molecule has 22 heavy (non-hydrogen) atoms. The van der Waals surface area contributed by atoms with E-state index >= 15 is 0 Å². The Morgan fingerprint density at radius 3 is 2.77 bits per heavy atom. The van der Waals surface area contributed by atoms with Crippen LogP contribution in [0, 0.1) is 0 Å². The molecule has 0 bridgehead atoms. The normalized spacial score (nSPS) is 15.8. The van der Waals surface area contributed by atoms with Gasteiger partial charge in [0.25, 0.3) is 0 Å². The number of carboxylic acids is 1. The summed E-state index contributed by atoms with van der Waals surface area (Å²) in [6.45, 7) is 4.07. The highest BCUT2D eigenvalue weighted by atomic mass is 16.4. The molecule has 0 aliphatic carbocycles. The van der Waals surface area contributed by atoms with Crippen molar-refractivity contribution in [3.8, 4) is 0 Å². The predicted octanol–water partition coefficient (Wildman–Crippen LogP) is 2.83. The molecule has 0 radical (unpaired) electrons. The number of hydrogen-bond acceptors (Lipinski definition) is 4. The van der Waals surface area contributed by atoms with Crippen LogP contribution in [-0.2, 0) is 0 Å². The second-order valence-electron chi connectivity index (χ2n) is 5.71. The number of pyridine rings is 1. The van der Waals surface area contributed by atoms with Crippen LogP contribution in [0.1, 0.15) is 29.6 Å². The van der Waals surface area contributed by atoms with Gasteiger partial charge in [-0.25, -0.2) is 9.78 Å². The number of likely N-dealkylation sites (tertiary alicyclic amines) is 1. The second kappa shape index (κ2) is 6.75. The van der Waals surface area contributed by atoms with Crippen molar-refractivity contribution in [1.82, 2.24) is 9.88 Å². The molecule has 2 N–H and O–H groups in total. The van der Waals surface area contributed by atoms with Crippen LogP contribution < -0.4 is 5.32 Å². The third kappa shape index (κ3) is 3.36. The Balaban J connectivity index is 1.71. The predicted molar refractivity (Wildman–Crippen MR) is 87.5 cm³/mol. The fraction of sp³-hybridized carbons (Fsp3) is 0.412. The highest BCUT2D eigenvalue weighted by Gasteiger charge is 2.12. The van der Waals surface area contributed by atoms with Gasteiger partial charge in [-0.05, 0) is 38.1 Å². The number of nitrogens with zero attached hydrogens (tertiary/aromatic N) is 2. The number of rotatable bonds is 5. The van der Waals surface area contributed by atoms with Crippen LogP contribution in [0.4, 0.5) is 5.82 Å². The second-order valence-corrected chi connectivity index (χ2v) is 5.71. The van der Waals surface area contributed by atoms with Gasteiger partial charge in [0.05, 0.1) is 11.1 Å². The monoisotopic (exact) mass is 299 g/mol. The van der Waals surface area contributed by atoms with Gasteiger partial charge >= 0.3 is 5.97 Å². The third-order valence-corrected chi connectivity index (χ3v) is 4.13. The minimum atomic E-state index is -0.919. The zero-order chi connectivity index (χ0) is 15.4. The molecule has 1 fully saturated rings. The minimum absolute atomic E-state index is 0.297. The number of carboxylic acid groups (broad SMARTS) is 1. The molecule has 2 aromatic rings. The number of aromatic nitrogens is 1. The topological polar surface area (TPSA) is 65.5 Å². The number of fused-ring (bicyclic) bond motifs is 1. The molecule has 1 saturated heterocycles. The van der Waals surface area contributed by atoms with Crippen LogP contribution in [0.5, 0.6) is 0 Å². The molecule has 2 heterocycles. The van der Waals surface area contributed by atoms with Crippen molar-refractivity contribution in [2.75, 3.05) is 31.5 Å². The Hall–Kier alpha value is -2.14. The number of hydrogen-bond donors (Lipinski definition) is 2. The number of para-hydroxylation sites is 1. The number of piperidine rings is 1. The Morgan fingerprint density at radius 2 is 2.00 bits per heavy atom. The van der Waals surface area contributed by atoms with Crippen molar-refractivity contribution >= 4 is 22.7 Å². The van der Waals surface area contributed by atoms with Gasteiger partial charge in [-0.1, -0.05) is 24.6 Å². The maximum Gasteiger partial charge on any atom is 0.336 e. The summed E-state index contributed by atoms with van der Waals surface area (Å²) in [4.78, 5) is 18.4. The van der Waals surface area contributed by atoms with Crippen LogP contribution in [-0.4, -0.2) is 47.1 Å². The highest BCUT2D eigenvalue weighted by molar-refractivity contribution is 6.03. The number of aromatic carboxylic acids is 1. The SMILES string of the molecule is O=C(O)c1cc(NCCN2CCCCC2)nc2ccccc12. The summed E-state index contributed by atoms with van der Waals surface area (Å²) in [6, 6.07) is 8.97. The van der Waals surface area contributed by atoms with E-state index in [1.807, 2.05) is 18.2 Å². The molecule has 116 valence electrons. The number of benzene rings is 1. The quantitative estimate of drug-likeness (QED) is 0.888. The van der Waals surface area contributed by atoms with Crippen molar-refractivity contribution in [1.29, 1.82) is 0 Å². The summed E-state index contributed by atoms with van der Waals surface area (Å²) >= 11 is 0. The van der Waals surface area contributed by atoms with E-state index in [0.717, 1.165) is 26.2 Å². The van der Waals surface area contributed by atoms with Gasteiger partial charge in [-0.15, -0.1) is 0 Å². The van der Waals surface area contributed by atoms with Crippen LogP contribution in [0.2, 0.25) is 0 Å². The smallest absolute Gasteiger partial charge is 0.336 e. The lowest BCUT2D eigenvalue weighted by atomic mass is 10.1. The van der Waals surface area contributed by atoms with E-state index in [0.29, 0.717) is 22.3 Å². The highest BCUT2D eigenvalue weighted by Crippen LogP contribution is 2.20. The van der Waals surface area contributed by atoms with Crippen LogP contribution in [0.15, 0.2) is 30.3 Å². The van der Waals surface area contributed by atoms with Crippen molar-refractivity contribution in [2.45, 2.75) is 19.3 Å². The van der Waals surface area contributed by atoms with Gasteiger partial charge in [0.1, 0.15) is 5.82 Å². The average molecular weight is 299 g/mol. The maximum atomic E-state index is 11.4. The first-order valence-electron chi connectivity index (χ1n) is 7.83. The van der Waals surface area contributed by atoms with E-state index in [-0.39, 0.29) is 0 Å². The molecule has 5 heteroatoms. The number of anilines is 1. The fourth-order valence-corrected chi connectivity index (χ4v) is 2.97. The van der Waals surface area contributed by atoms with Crippen molar-refractivity contribution in [2.24, 2.45) is 0 Å². The van der Waals surface area contributed by atoms with E-state index in [1.165, 1.54) is 19.3 Å². The summed E-state index contributed by atoms with van der Waals surface area (Å²) in [5, 5.41) is 13.3. The number of carbonyl (C=O) groups is 1. The molecule has 1 aromatic heterocycles. The van der Waals surface area contributed by atoms with E-state index in [9.17, 15) is 9.90 Å². The van der Waals surface area contributed by atoms with E-state index in [1.54, 1.807) is 12.1 Å². The van der Waals surface area contributed by atoms with E-state index < -0.39 is 5.97 Å². The van der Waals surface area contributed by atoms with Gasteiger partial charge in [-0.2, -0.15) is 0 Å². The molecule has 0 unspecified atom stereocenters. The molecule has 5 nitrogen and oxygen atoms in total. The lowest BCUT2D eigenvalue weighted by Gasteiger charge is -2.26. The summed E-state index contributed by atoms with van der Waals surface area (Å²) in [5.41, 5.74) is 1.01. The molecular formula is C17H21N3O2. The zero-order valence-corrected chi connectivity index (χ0v) is 12.6. The average Bonchev–Trinajstić information content (AvgIpc) is 2.55. The first kappa shape index (κ1) is 14.8. The third-order valence-electron chi connectivity index (χ3n) is 4.13. The first-order valence-corrected chi connectivity index (χ1v) is 7.83. The van der Waals surface area contributed by atoms with Gasteiger partial charge in [-0.3, -0.25) is 0 Å². The maximum absolute atomic E-state index is 11.4. The van der Waals surface area contributed by atoms with Crippen LogP contribution >= 0.6 is 0 Å². The lowest BCUT2D eigenvalue weighted by Crippen LogP contribution is -2.33. The summed E-state index contributed by atoms with van der Waals surface area (Å²) in [7, 11) is 0. The van der Waals surface area contributed by atoms with E-state index in [4.69, 9.17) is 0 Å². The minimum Gasteiger partial charge on any atom is -0.478 e. The molecule has 3 rings (SSSR count). The molecule has 0 atom stereocenters. The summed E-state index contributed by atoms with van der Waals surface area (Å²) in [6.07, 6.45) is 3.88. The zero-order valence-electron chi connectivity index (χ0n) is 12.6. The molecule has 1 aliphatic heterocycles. The molecule has 1 aromatic carbocycles. The van der Waals surface area contributed by atoms with Gasteiger partial charge < -0.3 is 15.3 Å². The molecular weight excluding hydrogens is 278 g/mol. The Labute approximate surface area is 130 Å². The Bertz CT molecular complexity index is 666. The lowest BCUT2D eigenvalue weighted by molar-refractivity contribution is 0.0699. The Kier molecular flexibility index (Phi) is 4.53.